The molecule has 0 spiro atoms. The molecule has 2 heterocycles. The number of ether oxygens (including phenoxy) is 1. The van der Waals surface area contributed by atoms with Crippen LogP contribution >= 0.6 is 11.6 Å². The van der Waals surface area contributed by atoms with Crippen LogP contribution in [-0.2, 0) is 0 Å². The molecule has 1 aliphatic rings. The molecule has 9 heteroatoms. The van der Waals surface area contributed by atoms with Gasteiger partial charge in [-0.1, -0.05) is 29.8 Å². The highest BCUT2D eigenvalue weighted by Gasteiger charge is 2.25. The molecule has 0 atom stereocenters. The Kier molecular flexibility index (Phi) is 7.24. The first-order valence-electron chi connectivity index (χ1n) is 10.9. The first kappa shape index (κ1) is 22.8. The molecule has 33 heavy (non-hydrogen) atoms. The average Bonchev–Trinajstić information content (AvgIpc) is 2.81. The van der Waals surface area contributed by atoms with Gasteiger partial charge < -0.3 is 20.3 Å². The van der Waals surface area contributed by atoms with E-state index < -0.39 is 0 Å². The summed E-state index contributed by atoms with van der Waals surface area (Å²) >= 11 is 6.13. The summed E-state index contributed by atoms with van der Waals surface area (Å²) in [5.74, 6) is 2.03. The summed E-state index contributed by atoms with van der Waals surface area (Å²) in [5, 5.41) is 6.92. The summed E-state index contributed by atoms with van der Waals surface area (Å²) < 4.78 is 5.83. The van der Waals surface area contributed by atoms with Crippen molar-refractivity contribution in [3.8, 4) is 11.6 Å². The summed E-state index contributed by atoms with van der Waals surface area (Å²) in [6, 6.07) is 14.8. The smallest absolute Gasteiger partial charge is 0.257 e. The van der Waals surface area contributed by atoms with Crippen molar-refractivity contribution >= 4 is 29.3 Å². The summed E-state index contributed by atoms with van der Waals surface area (Å²) in [4.78, 5) is 27.9. The third-order valence-electron chi connectivity index (χ3n) is 5.51. The molecule has 1 fully saturated rings. The fourth-order valence-corrected chi connectivity index (χ4v) is 3.95. The Morgan fingerprint density at radius 2 is 1.76 bits per heavy atom. The molecule has 3 aromatic rings. The molecule has 1 saturated carbocycles. The molecule has 0 unspecified atom stereocenters. The number of amides is 1. The number of pyridine rings is 1. The van der Waals surface area contributed by atoms with Gasteiger partial charge in [-0.3, -0.25) is 4.79 Å². The summed E-state index contributed by atoms with van der Waals surface area (Å²) in [6.07, 6.45) is 5.09. The number of nitrogens with one attached hydrogen (secondary N) is 2. The summed E-state index contributed by atoms with van der Waals surface area (Å²) in [5.41, 5.74) is 0.421. The Bertz CT molecular complexity index is 1090. The molecule has 1 aromatic carbocycles. The van der Waals surface area contributed by atoms with E-state index in [-0.39, 0.29) is 18.0 Å². The van der Waals surface area contributed by atoms with Gasteiger partial charge in [0.15, 0.2) is 0 Å². The Labute approximate surface area is 198 Å². The molecule has 0 aliphatic heterocycles. The molecule has 4 rings (SSSR count). The van der Waals surface area contributed by atoms with Crippen LogP contribution in [-0.4, -0.2) is 47.0 Å². The number of halogens is 1. The second kappa shape index (κ2) is 10.5. The Balaban J connectivity index is 1.33. The van der Waals surface area contributed by atoms with E-state index in [1.54, 1.807) is 24.4 Å². The molecule has 1 aliphatic carbocycles. The number of rotatable bonds is 7. The average molecular weight is 467 g/mol. The summed E-state index contributed by atoms with van der Waals surface area (Å²) in [7, 11) is 3.82. The zero-order chi connectivity index (χ0) is 23.2. The lowest BCUT2D eigenvalue weighted by Crippen LogP contribution is -2.40. The van der Waals surface area contributed by atoms with Crippen molar-refractivity contribution in [1.29, 1.82) is 0 Å². The largest absolute Gasteiger partial charge is 0.438 e. The second-order valence-corrected chi connectivity index (χ2v) is 8.59. The quantitative estimate of drug-likeness (QED) is 0.494. The van der Waals surface area contributed by atoms with Crippen LogP contribution in [0.25, 0.3) is 0 Å². The number of hydrogen-bond donors (Lipinski definition) is 2. The molecule has 8 nitrogen and oxygen atoms in total. The second-order valence-electron chi connectivity index (χ2n) is 8.20. The maximum absolute atomic E-state index is 12.9. The highest BCUT2D eigenvalue weighted by atomic mass is 35.5. The standard InChI is InChI=1S/C24H27ClN6O2/c1-31(2)21-15-20(25)29-24(30-21)28-17-12-10-16(11-13-17)27-22(32)19-9-6-14-26-23(19)33-18-7-4-3-5-8-18/h3-9,14-17H,10-13H2,1-2H3,(H,27,32)(H,28,29,30). The van der Waals surface area contributed by atoms with Crippen molar-refractivity contribution < 1.29 is 9.53 Å². The van der Waals surface area contributed by atoms with E-state index in [4.69, 9.17) is 16.3 Å². The van der Waals surface area contributed by atoms with Gasteiger partial charge in [0.2, 0.25) is 11.8 Å². The van der Waals surface area contributed by atoms with Gasteiger partial charge in [0.05, 0.1) is 0 Å². The number of hydrogen-bond acceptors (Lipinski definition) is 7. The van der Waals surface area contributed by atoms with Crippen molar-refractivity contribution in [2.24, 2.45) is 0 Å². The third kappa shape index (κ3) is 6.10. The zero-order valence-electron chi connectivity index (χ0n) is 18.7. The number of carbonyl (C=O) groups is 1. The molecule has 0 saturated heterocycles. The predicted molar refractivity (Wildman–Crippen MR) is 129 cm³/mol. The number of para-hydroxylation sites is 1. The van der Waals surface area contributed by atoms with E-state index in [0.717, 1.165) is 31.5 Å². The summed E-state index contributed by atoms with van der Waals surface area (Å²) in [6.45, 7) is 0. The van der Waals surface area contributed by atoms with Gasteiger partial charge in [0.1, 0.15) is 22.3 Å². The van der Waals surface area contributed by atoms with Gasteiger partial charge in [-0.15, -0.1) is 0 Å². The molecule has 1 amide bonds. The molecule has 172 valence electrons. The fraction of sp³-hybridized carbons (Fsp3) is 0.333. The van der Waals surface area contributed by atoms with Gasteiger partial charge in [-0.25, -0.2) is 9.97 Å². The number of nitrogens with zero attached hydrogens (tertiary/aromatic N) is 4. The minimum Gasteiger partial charge on any atom is -0.438 e. The van der Waals surface area contributed by atoms with Crippen molar-refractivity contribution in [3.05, 3.63) is 65.4 Å². The fourth-order valence-electron chi connectivity index (χ4n) is 3.77. The SMILES string of the molecule is CN(C)c1cc(Cl)nc(NC2CCC(NC(=O)c3cccnc3Oc3ccccc3)CC2)n1. The highest BCUT2D eigenvalue weighted by molar-refractivity contribution is 6.29. The first-order chi connectivity index (χ1) is 16.0. The number of benzene rings is 1. The molecular formula is C24H27ClN6O2. The van der Waals surface area contributed by atoms with Crippen molar-refractivity contribution in [2.45, 2.75) is 37.8 Å². The maximum Gasteiger partial charge on any atom is 0.257 e. The van der Waals surface area contributed by atoms with Crippen molar-refractivity contribution in [2.75, 3.05) is 24.3 Å². The highest BCUT2D eigenvalue weighted by Crippen LogP contribution is 2.25. The Morgan fingerprint density at radius 3 is 2.48 bits per heavy atom. The first-order valence-corrected chi connectivity index (χ1v) is 11.3. The monoisotopic (exact) mass is 466 g/mol. The molecule has 0 radical (unpaired) electrons. The Morgan fingerprint density at radius 1 is 1.03 bits per heavy atom. The van der Waals surface area contributed by atoms with Crippen LogP contribution in [0.15, 0.2) is 54.7 Å². The number of carbonyl (C=O) groups excluding carboxylic acids is 1. The molecular weight excluding hydrogens is 440 g/mol. The lowest BCUT2D eigenvalue weighted by atomic mass is 9.91. The predicted octanol–water partition coefficient (Wildman–Crippen LogP) is 4.54. The van der Waals surface area contributed by atoms with Gasteiger partial charge in [-0.05, 0) is 49.9 Å². The minimum atomic E-state index is -0.181. The number of anilines is 2. The van der Waals surface area contributed by atoms with Gasteiger partial charge in [0, 0.05) is 38.4 Å². The minimum absolute atomic E-state index is 0.0814. The topological polar surface area (TPSA) is 92.3 Å². The number of aromatic nitrogens is 3. The van der Waals surface area contributed by atoms with Crippen LogP contribution in [0, 0.1) is 0 Å². The van der Waals surface area contributed by atoms with E-state index in [1.807, 2.05) is 49.3 Å². The van der Waals surface area contributed by atoms with Crippen molar-refractivity contribution in [3.63, 3.8) is 0 Å². The van der Waals surface area contributed by atoms with Gasteiger partial charge in [0.25, 0.3) is 5.91 Å². The van der Waals surface area contributed by atoms with Crippen LogP contribution in [0.3, 0.4) is 0 Å². The zero-order valence-corrected chi connectivity index (χ0v) is 19.4. The lowest BCUT2D eigenvalue weighted by molar-refractivity contribution is 0.0923. The molecule has 0 bridgehead atoms. The van der Waals surface area contributed by atoms with E-state index in [9.17, 15) is 4.79 Å². The normalized spacial score (nSPS) is 17.8. The van der Waals surface area contributed by atoms with Crippen LogP contribution in [0.1, 0.15) is 36.0 Å². The van der Waals surface area contributed by atoms with E-state index >= 15 is 0 Å². The molecule has 2 N–H and O–H groups in total. The maximum atomic E-state index is 12.9. The Hall–Kier alpha value is -3.39. The van der Waals surface area contributed by atoms with Crippen LogP contribution in [0.4, 0.5) is 11.8 Å². The van der Waals surface area contributed by atoms with Gasteiger partial charge in [-0.2, -0.15) is 4.98 Å². The molecule has 2 aromatic heterocycles. The van der Waals surface area contributed by atoms with E-state index in [0.29, 0.717) is 28.3 Å². The van der Waals surface area contributed by atoms with Crippen LogP contribution < -0.4 is 20.3 Å². The van der Waals surface area contributed by atoms with Crippen LogP contribution in [0.2, 0.25) is 5.15 Å². The lowest BCUT2D eigenvalue weighted by Gasteiger charge is -2.30. The third-order valence-corrected chi connectivity index (χ3v) is 5.70. The van der Waals surface area contributed by atoms with Crippen molar-refractivity contribution in [1.82, 2.24) is 20.3 Å². The van der Waals surface area contributed by atoms with Crippen LogP contribution in [0.5, 0.6) is 11.6 Å². The van der Waals surface area contributed by atoms with Gasteiger partial charge >= 0.3 is 0 Å². The van der Waals surface area contributed by atoms with E-state index in [2.05, 4.69) is 25.6 Å². The van der Waals surface area contributed by atoms with E-state index in [1.165, 1.54) is 0 Å².